The lowest BCUT2D eigenvalue weighted by molar-refractivity contribution is -0.151. The molecule has 18 heavy (non-hydrogen) atoms. The Morgan fingerprint density at radius 1 is 1.39 bits per heavy atom. The molecule has 0 bridgehead atoms. The first kappa shape index (κ1) is 14.8. The summed E-state index contributed by atoms with van der Waals surface area (Å²) in [6.07, 6.45) is -1.14. The summed E-state index contributed by atoms with van der Waals surface area (Å²) in [6, 6.07) is -0.959. The van der Waals surface area contributed by atoms with Gasteiger partial charge in [0.15, 0.2) is 6.04 Å². The van der Waals surface area contributed by atoms with Crippen molar-refractivity contribution in [3.63, 3.8) is 0 Å². The van der Waals surface area contributed by atoms with Crippen LogP contribution in [0.4, 0.5) is 4.79 Å². The Kier molecular flexibility index (Phi) is 4.56. The van der Waals surface area contributed by atoms with Gasteiger partial charge in [-0.3, -0.25) is 4.90 Å². The van der Waals surface area contributed by atoms with Gasteiger partial charge in [-0.15, -0.1) is 0 Å². The average Bonchev–Trinajstić information content (AvgIpc) is 2.58. The van der Waals surface area contributed by atoms with Crippen LogP contribution < -0.4 is 0 Å². The van der Waals surface area contributed by atoms with Crippen molar-refractivity contribution >= 4 is 12.1 Å². The van der Waals surface area contributed by atoms with E-state index in [9.17, 15) is 14.7 Å². The molecule has 0 saturated carbocycles. The highest BCUT2D eigenvalue weighted by Crippen LogP contribution is 2.22. The van der Waals surface area contributed by atoms with Crippen LogP contribution in [0.5, 0.6) is 0 Å². The molecule has 6 nitrogen and oxygen atoms in total. The van der Waals surface area contributed by atoms with Crippen molar-refractivity contribution in [2.45, 2.75) is 51.9 Å². The first-order chi connectivity index (χ1) is 8.26. The molecular weight excluding hydrogens is 238 g/mol. The van der Waals surface area contributed by atoms with Crippen molar-refractivity contribution < 1.29 is 24.2 Å². The number of aliphatic hydroxyl groups excluding tert-OH is 1. The van der Waals surface area contributed by atoms with E-state index in [-0.39, 0.29) is 6.61 Å². The molecule has 0 unspecified atom stereocenters. The van der Waals surface area contributed by atoms with Crippen LogP contribution in [0.2, 0.25) is 0 Å². The number of nitrogens with zero attached hydrogens (tertiary/aromatic N) is 1. The zero-order chi connectivity index (χ0) is 13.9. The molecule has 1 rings (SSSR count). The molecule has 1 fully saturated rings. The summed E-state index contributed by atoms with van der Waals surface area (Å²) in [7, 11) is 0. The van der Waals surface area contributed by atoms with E-state index < -0.39 is 29.8 Å². The normalized spacial score (nSPS) is 23.9. The number of rotatable bonds is 2. The standard InChI is InChI=1S/C12H21NO5/c1-5-17-10(15)9-8(14)6-7-13(9)11(16)18-12(2,3)4/h8-9,14H,5-7H2,1-4H3/t8-,9-/m1/s1. The van der Waals surface area contributed by atoms with Crippen LogP contribution in [0, 0.1) is 0 Å². The van der Waals surface area contributed by atoms with Crippen LogP contribution in [-0.2, 0) is 14.3 Å². The Balaban J connectivity index is 2.74. The van der Waals surface area contributed by atoms with Crippen LogP contribution in [0.25, 0.3) is 0 Å². The van der Waals surface area contributed by atoms with E-state index in [1.165, 1.54) is 4.90 Å². The van der Waals surface area contributed by atoms with Crippen LogP contribution >= 0.6 is 0 Å². The molecule has 104 valence electrons. The zero-order valence-corrected chi connectivity index (χ0v) is 11.3. The molecule has 2 atom stereocenters. The summed E-state index contributed by atoms with van der Waals surface area (Å²) in [5, 5.41) is 9.75. The number of ether oxygens (including phenoxy) is 2. The van der Waals surface area contributed by atoms with Crippen LogP contribution in [0.15, 0.2) is 0 Å². The molecule has 0 aromatic heterocycles. The average molecular weight is 259 g/mol. The predicted molar refractivity (Wildman–Crippen MR) is 64.0 cm³/mol. The highest BCUT2D eigenvalue weighted by Gasteiger charge is 2.43. The van der Waals surface area contributed by atoms with E-state index in [0.29, 0.717) is 13.0 Å². The van der Waals surface area contributed by atoms with Gasteiger partial charge in [-0.2, -0.15) is 0 Å². The minimum absolute atomic E-state index is 0.213. The lowest BCUT2D eigenvalue weighted by Gasteiger charge is -2.28. The van der Waals surface area contributed by atoms with Crippen molar-refractivity contribution in [3.8, 4) is 0 Å². The van der Waals surface area contributed by atoms with E-state index in [2.05, 4.69) is 0 Å². The molecule has 1 heterocycles. The summed E-state index contributed by atoms with van der Waals surface area (Å²) >= 11 is 0. The SMILES string of the molecule is CCOC(=O)[C@H]1[C@H](O)CCN1C(=O)OC(C)(C)C. The van der Waals surface area contributed by atoms with E-state index in [0.717, 1.165) is 0 Å². The van der Waals surface area contributed by atoms with E-state index in [4.69, 9.17) is 9.47 Å². The summed E-state index contributed by atoms with van der Waals surface area (Å²) in [5.74, 6) is -0.589. The fourth-order valence-corrected chi connectivity index (χ4v) is 1.81. The van der Waals surface area contributed by atoms with Crippen molar-refractivity contribution in [1.82, 2.24) is 4.90 Å². The molecule has 1 amide bonds. The number of aliphatic hydroxyl groups is 1. The lowest BCUT2D eigenvalue weighted by atomic mass is 10.2. The fourth-order valence-electron chi connectivity index (χ4n) is 1.81. The lowest BCUT2D eigenvalue weighted by Crippen LogP contribution is -2.47. The topological polar surface area (TPSA) is 76.1 Å². The maximum absolute atomic E-state index is 11.9. The number of hydrogen-bond acceptors (Lipinski definition) is 5. The Labute approximate surface area is 107 Å². The Morgan fingerprint density at radius 2 is 2.00 bits per heavy atom. The summed E-state index contributed by atoms with van der Waals surface area (Å²) in [4.78, 5) is 24.8. The molecular formula is C12H21NO5. The van der Waals surface area contributed by atoms with Gasteiger partial charge < -0.3 is 14.6 Å². The molecule has 1 N–H and O–H groups in total. The van der Waals surface area contributed by atoms with Gasteiger partial charge in [-0.1, -0.05) is 0 Å². The second-order valence-electron chi connectivity index (χ2n) is 5.23. The minimum atomic E-state index is -0.959. The van der Waals surface area contributed by atoms with Crippen LogP contribution in [-0.4, -0.2) is 53.0 Å². The Morgan fingerprint density at radius 3 is 2.50 bits per heavy atom. The third-order valence-electron chi connectivity index (χ3n) is 2.52. The molecule has 0 aromatic rings. The maximum atomic E-state index is 11.9. The van der Waals surface area contributed by atoms with Crippen LogP contribution in [0.3, 0.4) is 0 Å². The first-order valence-electron chi connectivity index (χ1n) is 6.10. The highest BCUT2D eigenvalue weighted by molar-refractivity contribution is 5.83. The second-order valence-corrected chi connectivity index (χ2v) is 5.23. The zero-order valence-electron chi connectivity index (χ0n) is 11.3. The molecule has 1 saturated heterocycles. The molecule has 0 aliphatic carbocycles. The Bertz CT molecular complexity index is 323. The van der Waals surface area contributed by atoms with Gasteiger partial charge >= 0.3 is 12.1 Å². The molecule has 0 aromatic carbocycles. The van der Waals surface area contributed by atoms with Crippen molar-refractivity contribution in [2.24, 2.45) is 0 Å². The number of amides is 1. The summed E-state index contributed by atoms with van der Waals surface area (Å²) < 4.78 is 10.1. The van der Waals surface area contributed by atoms with Crippen molar-refractivity contribution in [2.75, 3.05) is 13.2 Å². The molecule has 1 aliphatic rings. The van der Waals surface area contributed by atoms with Gasteiger partial charge in [0.2, 0.25) is 0 Å². The third-order valence-corrected chi connectivity index (χ3v) is 2.52. The van der Waals surface area contributed by atoms with E-state index in [1.807, 2.05) is 0 Å². The van der Waals surface area contributed by atoms with Crippen LogP contribution in [0.1, 0.15) is 34.1 Å². The predicted octanol–water partition coefficient (Wildman–Crippen LogP) is 0.920. The van der Waals surface area contributed by atoms with Gasteiger partial charge in [-0.25, -0.2) is 9.59 Å². The quantitative estimate of drug-likeness (QED) is 0.746. The number of hydrogen-bond donors (Lipinski definition) is 1. The van der Waals surface area contributed by atoms with Gasteiger partial charge in [0, 0.05) is 6.54 Å². The molecule has 0 radical (unpaired) electrons. The fraction of sp³-hybridized carbons (Fsp3) is 0.833. The van der Waals surface area contributed by atoms with Crippen molar-refractivity contribution in [1.29, 1.82) is 0 Å². The molecule has 6 heteroatoms. The first-order valence-corrected chi connectivity index (χ1v) is 6.10. The molecule has 1 aliphatic heterocycles. The third kappa shape index (κ3) is 3.60. The van der Waals surface area contributed by atoms with Gasteiger partial charge in [0.1, 0.15) is 5.60 Å². The highest BCUT2D eigenvalue weighted by atomic mass is 16.6. The minimum Gasteiger partial charge on any atom is -0.464 e. The van der Waals surface area contributed by atoms with E-state index in [1.54, 1.807) is 27.7 Å². The number of likely N-dealkylation sites (tertiary alicyclic amines) is 1. The number of carbonyl (C=O) groups excluding carboxylic acids is 2. The second kappa shape index (κ2) is 5.56. The molecule has 0 spiro atoms. The van der Waals surface area contributed by atoms with Gasteiger partial charge in [0.25, 0.3) is 0 Å². The van der Waals surface area contributed by atoms with E-state index >= 15 is 0 Å². The maximum Gasteiger partial charge on any atom is 0.411 e. The smallest absolute Gasteiger partial charge is 0.411 e. The Hall–Kier alpha value is -1.30. The number of carbonyl (C=O) groups is 2. The monoisotopic (exact) mass is 259 g/mol. The largest absolute Gasteiger partial charge is 0.464 e. The van der Waals surface area contributed by atoms with Crippen molar-refractivity contribution in [3.05, 3.63) is 0 Å². The summed E-state index contributed by atoms with van der Waals surface area (Å²) in [5.41, 5.74) is -0.635. The van der Waals surface area contributed by atoms with Gasteiger partial charge in [0.05, 0.1) is 12.7 Å². The number of esters is 1. The summed E-state index contributed by atoms with van der Waals surface area (Å²) in [6.45, 7) is 7.42. The van der Waals surface area contributed by atoms with Gasteiger partial charge in [-0.05, 0) is 34.1 Å².